The molecular weight excluding hydrogens is 418 g/mol. The van der Waals surface area contributed by atoms with Gasteiger partial charge in [0.2, 0.25) is 0 Å². The fourth-order valence-corrected chi connectivity index (χ4v) is 3.27. The molecule has 0 fully saturated rings. The highest BCUT2D eigenvalue weighted by molar-refractivity contribution is 6.30. The molecule has 1 aromatic carbocycles. The topological polar surface area (TPSA) is 78.4 Å². The first-order valence-corrected chi connectivity index (χ1v) is 10.6. The average molecular weight is 450 g/mol. The van der Waals surface area contributed by atoms with Gasteiger partial charge in [-0.2, -0.15) is 5.12 Å². The molecule has 0 unspecified atom stereocenters. The van der Waals surface area contributed by atoms with Crippen LogP contribution in [0.25, 0.3) is 0 Å². The summed E-state index contributed by atoms with van der Waals surface area (Å²) in [5.74, 6) is 0.717. The highest BCUT2D eigenvalue weighted by atomic mass is 35.5. The molecule has 1 aliphatic rings. The lowest BCUT2D eigenvalue weighted by atomic mass is 10.0. The molecule has 0 atom stereocenters. The number of hydrogen-bond donors (Lipinski definition) is 2. The Morgan fingerprint density at radius 3 is 2.77 bits per heavy atom. The van der Waals surface area contributed by atoms with Crippen molar-refractivity contribution in [1.82, 2.24) is 15.6 Å². The molecule has 2 amide bonds. The maximum atomic E-state index is 12.5. The molecule has 8 nitrogen and oxygen atoms in total. The number of nitrogens with zero attached hydrogens (tertiary/aromatic N) is 3. The summed E-state index contributed by atoms with van der Waals surface area (Å²) < 4.78 is 5.50. The molecule has 31 heavy (non-hydrogen) atoms. The lowest BCUT2D eigenvalue weighted by Crippen LogP contribution is -2.49. The Kier molecular flexibility index (Phi) is 9.84. The Labute approximate surface area is 189 Å². The van der Waals surface area contributed by atoms with E-state index >= 15 is 0 Å². The summed E-state index contributed by atoms with van der Waals surface area (Å²) in [6, 6.07) is 5.32. The van der Waals surface area contributed by atoms with Crippen molar-refractivity contribution < 1.29 is 14.4 Å². The summed E-state index contributed by atoms with van der Waals surface area (Å²) in [4.78, 5) is 18.0. The Bertz CT molecular complexity index is 854. The van der Waals surface area contributed by atoms with Gasteiger partial charge in [0, 0.05) is 37.4 Å². The van der Waals surface area contributed by atoms with Gasteiger partial charge < -0.3 is 14.9 Å². The summed E-state index contributed by atoms with van der Waals surface area (Å²) in [6.07, 6.45) is 7.20. The predicted octanol–water partition coefficient (Wildman–Crippen LogP) is 4.31. The number of carbonyl (C=O) groups is 1. The van der Waals surface area contributed by atoms with Crippen LogP contribution in [-0.2, 0) is 11.3 Å². The number of urea groups is 1. The first kappa shape index (κ1) is 24.7. The fraction of sp³-hybridized carbons (Fsp3) is 0.455. The number of halogens is 1. The summed E-state index contributed by atoms with van der Waals surface area (Å²) in [6.45, 7) is 2.35. The number of anilines is 1. The van der Waals surface area contributed by atoms with E-state index in [1.807, 2.05) is 31.2 Å². The molecule has 0 aliphatic heterocycles. The van der Waals surface area contributed by atoms with E-state index in [2.05, 4.69) is 22.0 Å². The molecule has 9 heteroatoms. The summed E-state index contributed by atoms with van der Waals surface area (Å²) in [5.41, 5.74) is 6.30. The number of amides is 2. The van der Waals surface area contributed by atoms with E-state index in [1.165, 1.54) is 5.01 Å². The van der Waals surface area contributed by atoms with Gasteiger partial charge in [-0.15, -0.1) is 0 Å². The number of nitrogens with one attached hydrogen (secondary N) is 2. The normalized spacial score (nSPS) is 14.1. The molecule has 0 aromatic heterocycles. The van der Waals surface area contributed by atoms with Crippen LogP contribution in [0.15, 0.2) is 46.1 Å². The van der Waals surface area contributed by atoms with E-state index in [4.69, 9.17) is 21.2 Å². The van der Waals surface area contributed by atoms with Crippen LogP contribution in [0.2, 0.25) is 0 Å². The minimum atomic E-state index is -0.268. The van der Waals surface area contributed by atoms with Gasteiger partial charge in [0.05, 0.1) is 12.8 Å². The van der Waals surface area contributed by atoms with Gasteiger partial charge in [-0.1, -0.05) is 28.9 Å². The van der Waals surface area contributed by atoms with Gasteiger partial charge in [0.25, 0.3) is 0 Å². The molecule has 0 saturated carbocycles. The zero-order valence-corrected chi connectivity index (χ0v) is 19.6. The monoisotopic (exact) mass is 449 g/mol. The Balaban J connectivity index is 1.97. The van der Waals surface area contributed by atoms with E-state index < -0.39 is 0 Å². The molecular formula is C22H32ClN5O3. The number of oxime groups is 1. The predicted molar refractivity (Wildman–Crippen MR) is 125 cm³/mol. The first-order chi connectivity index (χ1) is 14.9. The maximum Gasteiger partial charge on any atom is 0.337 e. The average Bonchev–Trinajstić information content (AvgIpc) is 2.78. The molecule has 0 heterocycles. The van der Waals surface area contributed by atoms with Crippen molar-refractivity contribution in [2.24, 2.45) is 5.16 Å². The zero-order valence-electron chi connectivity index (χ0n) is 18.9. The van der Waals surface area contributed by atoms with Crippen molar-refractivity contribution in [3.05, 3.63) is 46.5 Å². The maximum absolute atomic E-state index is 12.5. The standard InChI is InChI=1S/C22H32ClN5O3/c1-16(17-9-6-10-18(23)15-17)26-31-14-8-11-19-20(12-7-13-21(19)30-5)25-22(29)27(3)28(4)24-2/h7,9,12-13,15,24H,6,8,10-11,14H2,1-5H3,(H,25,29)/b26-16-. The van der Waals surface area contributed by atoms with Crippen LogP contribution in [-0.4, -0.2) is 56.7 Å². The van der Waals surface area contributed by atoms with Crippen molar-refractivity contribution in [1.29, 1.82) is 0 Å². The van der Waals surface area contributed by atoms with Crippen molar-refractivity contribution in [2.45, 2.75) is 32.6 Å². The van der Waals surface area contributed by atoms with Gasteiger partial charge in [0.1, 0.15) is 12.4 Å². The van der Waals surface area contributed by atoms with E-state index in [0.717, 1.165) is 34.7 Å². The SMILES string of the molecule is CNN(C)N(C)C(=O)Nc1cccc(OC)c1CCCO/N=C(/C)C1=CCCC(Cl)=C1. The number of hydrazine groups is 2. The number of ether oxygens (including phenoxy) is 1. The van der Waals surface area contributed by atoms with Crippen LogP contribution in [0.3, 0.4) is 0 Å². The largest absolute Gasteiger partial charge is 0.496 e. The van der Waals surface area contributed by atoms with Crippen molar-refractivity contribution in [2.75, 3.05) is 40.2 Å². The molecule has 0 radical (unpaired) electrons. The summed E-state index contributed by atoms with van der Waals surface area (Å²) in [7, 11) is 6.77. The molecule has 2 N–H and O–H groups in total. The minimum absolute atomic E-state index is 0.268. The Morgan fingerprint density at radius 1 is 1.32 bits per heavy atom. The number of hydrogen-bond acceptors (Lipinski definition) is 6. The second-order valence-corrected chi connectivity index (χ2v) is 7.58. The van der Waals surface area contributed by atoms with Gasteiger partial charge in [-0.3, -0.25) is 0 Å². The molecule has 170 valence electrons. The minimum Gasteiger partial charge on any atom is -0.496 e. The third-order valence-electron chi connectivity index (χ3n) is 5.00. The van der Waals surface area contributed by atoms with Gasteiger partial charge in [-0.05, 0) is 56.4 Å². The van der Waals surface area contributed by atoms with Crippen molar-refractivity contribution in [3.63, 3.8) is 0 Å². The van der Waals surface area contributed by atoms with Crippen LogP contribution >= 0.6 is 11.6 Å². The molecule has 1 aliphatic carbocycles. The number of rotatable bonds is 10. The van der Waals surface area contributed by atoms with E-state index in [-0.39, 0.29) is 6.03 Å². The molecule has 1 aromatic rings. The van der Waals surface area contributed by atoms with Crippen molar-refractivity contribution >= 4 is 29.0 Å². The van der Waals surface area contributed by atoms with Gasteiger partial charge in [-0.25, -0.2) is 15.2 Å². The van der Waals surface area contributed by atoms with E-state index in [1.54, 1.807) is 33.4 Å². The smallest absolute Gasteiger partial charge is 0.337 e. The number of benzene rings is 1. The lowest BCUT2D eigenvalue weighted by Gasteiger charge is -2.27. The lowest BCUT2D eigenvalue weighted by molar-refractivity contribution is 0.0289. The van der Waals surface area contributed by atoms with Crippen LogP contribution in [0.4, 0.5) is 10.5 Å². The highest BCUT2D eigenvalue weighted by Crippen LogP contribution is 2.28. The van der Waals surface area contributed by atoms with Gasteiger partial charge in [0.15, 0.2) is 0 Å². The van der Waals surface area contributed by atoms with Crippen LogP contribution < -0.4 is 15.5 Å². The van der Waals surface area contributed by atoms with Crippen LogP contribution in [0.5, 0.6) is 5.75 Å². The summed E-state index contributed by atoms with van der Waals surface area (Å²) in [5, 5.41) is 11.0. The Hall–Kier alpha value is -2.55. The number of carbonyl (C=O) groups excluding carboxylic acids is 1. The van der Waals surface area contributed by atoms with Crippen LogP contribution in [0, 0.1) is 0 Å². The number of allylic oxidation sites excluding steroid dienone is 4. The third kappa shape index (κ3) is 7.27. The second-order valence-electron chi connectivity index (χ2n) is 7.09. The number of methoxy groups -OCH3 is 1. The first-order valence-electron chi connectivity index (χ1n) is 10.2. The molecule has 0 spiro atoms. The van der Waals surface area contributed by atoms with E-state index in [0.29, 0.717) is 30.9 Å². The molecule has 2 rings (SSSR count). The molecule has 0 bridgehead atoms. The third-order valence-corrected chi connectivity index (χ3v) is 5.30. The fourth-order valence-electron chi connectivity index (χ4n) is 3.04. The highest BCUT2D eigenvalue weighted by Gasteiger charge is 2.16. The summed E-state index contributed by atoms with van der Waals surface area (Å²) >= 11 is 6.10. The van der Waals surface area contributed by atoms with E-state index in [9.17, 15) is 4.79 Å². The quantitative estimate of drug-likeness (QED) is 0.316. The Morgan fingerprint density at radius 2 is 2.10 bits per heavy atom. The second kappa shape index (κ2) is 12.3. The van der Waals surface area contributed by atoms with Crippen molar-refractivity contribution in [3.8, 4) is 5.75 Å². The molecule has 0 saturated heterocycles. The zero-order chi connectivity index (χ0) is 22.8. The van der Waals surface area contributed by atoms with Crippen LogP contribution in [0.1, 0.15) is 31.7 Å². The van der Waals surface area contributed by atoms with Gasteiger partial charge >= 0.3 is 6.03 Å².